The van der Waals surface area contributed by atoms with Gasteiger partial charge in [-0.2, -0.15) is 5.10 Å². The minimum Gasteiger partial charge on any atom is -0.492 e. The van der Waals surface area contributed by atoms with Gasteiger partial charge in [0.2, 0.25) is 0 Å². The molecule has 8 heteroatoms. The molecule has 1 aromatic carbocycles. The molecule has 0 saturated carbocycles. The maximum atomic E-state index is 12.7. The Morgan fingerprint density at radius 1 is 1.16 bits per heavy atom. The predicted molar refractivity (Wildman–Crippen MR) is 118 cm³/mol. The second-order valence-corrected chi connectivity index (χ2v) is 8.60. The number of morpholine rings is 1. The zero-order valence-electron chi connectivity index (χ0n) is 18.7. The van der Waals surface area contributed by atoms with Gasteiger partial charge in [0, 0.05) is 31.2 Å². The fraction of sp³-hybridized carbons (Fsp3) is 0.522. The molecular formula is C23H32N4O4. The summed E-state index contributed by atoms with van der Waals surface area (Å²) < 4.78 is 12.7. The molecule has 2 aromatic rings. The van der Waals surface area contributed by atoms with Crippen LogP contribution in [0.5, 0.6) is 5.75 Å². The zero-order chi connectivity index (χ0) is 22.4. The molecule has 3 rings (SSSR count). The molecular weight excluding hydrogens is 396 g/mol. The Morgan fingerprint density at radius 3 is 2.52 bits per heavy atom. The molecule has 1 amide bonds. The molecule has 0 radical (unpaired) electrons. The summed E-state index contributed by atoms with van der Waals surface area (Å²) in [5, 5.41) is 7.18. The molecule has 0 unspecified atom stereocenters. The Labute approximate surface area is 183 Å². The molecule has 0 aliphatic carbocycles. The van der Waals surface area contributed by atoms with Crippen molar-refractivity contribution in [1.29, 1.82) is 0 Å². The fourth-order valence-electron chi connectivity index (χ4n) is 3.67. The van der Waals surface area contributed by atoms with E-state index in [0.29, 0.717) is 6.54 Å². The summed E-state index contributed by atoms with van der Waals surface area (Å²) in [6, 6.07) is 12.2. The van der Waals surface area contributed by atoms with Crippen LogP contribution in [0.1, 0.15) is 38.2 Å². The number of hydrogen-bond acceptors (Lipinski definition) is 6. The summed E-state index contributed by atoms with van der Waals surface area (Å²) in [5.41, 5.74) is -0.302. The van der Waals surface area contributed by atoms with Crippen molar-refractivity contribution in [3.8, 4) is 5.75 Å². The molecule has 2 atom stereocenters. The van der Waals surface area contributed by atoms with Gasteiger partial charge in [0.25, 0.3) is 11.5 Å². The standard InChI is InChI=1S/C23H32N4O4/c1-17-14-26(15-18(2)31-17)23(3,4)16-24-22(29)20-10-11-21(28)27(25-20)12-13-30-19-8-6-5-7-9-19/h5-11,17-18H,12-16H2,1-4H3,(H,24,29)/t17-,18+. The van der Waals surface area contributed by atoms with Crippen molar-refractivity contribution in [1.82, 2.24) is 20.0 Å². The van der Waals surface area contributed by atoms with Gasteiger partial charge in [0.15, 0.2) is 0 Å². The van der Waals surface area contributed by atoms with Crippen molar-refractivity contribution < 1.29 is 14.3 Å². The summed E-state index contributed by atoms with van der Waals surface area (Å²) in [7, 11) is 0. The van der Waals surface area contributed by atoms with Gasteiger partial charge < -0.3 is 14.8 Å². The van der Waals surface area contributed by atoms with Gasteiger partial charge in [-0.05, 0) is 45.9 Å². The highest BCUT2D eigenvalue weighted by molar-refractivity contribution is 5.92. The molecule has 1 aromatic heterocycles. The Bertz CT molecular complexity index is 919. The monoisotopic (exact) mass is 428 g/mol. The van der Waals surface area contributed by atoms with Gasteiger partial charge in [0.1, 0.15) is 18.1 Å². The average molecular weight is 429 g/mol. The smallest absolute Gasteiger partial charge is 0.271 e. The molecule has 168 valence electrons. The normalized spacial score (nSPS) is 19.7. The van der Waals surface area contributed by atoms with Crippen LogP contribution in [0.4, 0.5) is 0 Å². The SMILES string of the molecule is C[C@@H]1CN(C(C)(C)CNC(=O)c2ccc(=O)n(CCOc3ccccc3)n2)C[C@H](C)O1. The minimum atomic E-state index is -0.305. The molecule has 1 saturated heterocycles. The largest absolute Gasteiger partial charge is 0.492 e. The first-order chi connectivity index (χ1) is 14.7. The van der Waals surface area contributed by atoms with Crippen LogP contribution in [-0.2, 0) is 11.3 Å². The number of amides is 1. The van der Waals surface area contributed by atoms with Crippen LogP contribution < -0.4 is 15.6 Å². The number of carbonyl (C=O) groups excluding carboxylic acids is 1. The van der Waals surface area contributed by atoms with Crippen molar-refractivity contribution in [3.63, 3.8) is 0 Å². The molecule has 0 spiro atoms. The number of para-hydroxylation sites is 1. The number of benzene rings is 1. The van der Waals surface area contributed by atoms with Gasteiger partial charge in [-0.15, -0.1) is 0 Å². The summed E-state index contributed by atoms with van der Waals surface area (Å²) in [5.74, 6) is 0.415. The van der Waals surface area contributed by atoms with Crippen LogP contribution in [0.2, 0.25) is 0 Å². The number of nitrogens with zero attached hydrogens (tertiary/aromatic N) is 3. The number of aromatic nitrogens is 2. The number of carbonyl (C=O) groups is 1. The Hall–Kier alpha value is -2.71. The van der Waals surface area contributed by atoms with Crippen molar-refractivity contribution in [3.05, 3.63) is 58.5 Å². The third-order valence-corrected chi connectivity index (χ3v) is 5.37. The molecule has 1 fully saturated rings. The Morgan fingerprint density at radius 2 is 1.84 bits per heavy atom. The quantitative estimate of drug-likeness (QED) is 0.692. The van der Waals surface area contributed by atoms with E-state index in [1.165, 1.54) is 16.8 Å². The maximum Gasteiger partial charge on any atom is 0.271 e. The van der Waals surface area contributed by atoms with E-state index >= 15 is 0 Å². The molecule has 0 bridgehead atoms. The lowest BCUT2D eigenvalue weighted by atomic mass is 10.00. The Balaban J connectivity index is 1.57. The average Bonchev–Trinajstić information content (AvgIpc) is 2.73. The third kappa shape index (κ3) is 6.38. The number of rotatable bonds is 8. The second-order valence-electron chi connectivity index (χ2n) is 8.60. The number of nitrogens with one attached hydrogen (secondary N) is 1. The third-order valence-electron chi connectivity index (χ3n) is 5.37. The highest BCUT2D eigenvalue weighted by Crippen LogP contribution is 2.20. The number of ether oxygens (including phenoxy) is 2. The molecule has 31 heavy (non-hydrogen) atoms. The highest BCUT2D eigenvalue weighted by atomic mass is 16.5. The molecule has 2 heterocycles. The lowest BCUT2D eigenvalue weighted by Gasteiger charge is -2.45. The van der Waals surface area contributed by atoms with Crippen molar-refractivity contribution in [2.45, 2.75) is 52.0 Å². The van der Waals surface area contributed by atoms with Crippen molar-refractivity contribution in [2.24, 2.45) is 0 Å². The van der Waals surface area contributed by atoms with Crippen LogP contribution >= 0.6 is 0 Å². The second kappa shape index (κ2) is 10.1. The van der Waals surface area contributed by atoms with E-state index in [-0.39, 0.29) is 48.1 Å². The first-order valence-corrected chi connectivity index (χ1v) is 10.7. The van der Waals surface area contributed by atoms with E-state index in [4.69, 9.17) is 9.47 Å². The summed E-state index contributed by atoms with van der Waals surface area (Å²) >= 11 is 0. The van der Waals surface area contributed by atoms with Crippen LogP contribution in [0, 0.1) is 0 Å². The van der Waals surface area contributed by atoms with Crippen LogP contribution in [0.25, 0.3) is 0 Å². The van der Waals surface area contributed by atoms with Crippen LogP contribution in [-0.4, -0.2) is 64.6 Å². The van der Waals surface area contributed by atoms with E-state index in [1.807, 2.05) is 30.3 Å². The van der Waals surface area contributed by atoms with Gasteiger partial charge in [-0.1, -0.05) is 18.2 Å². The lowest BCUT2D eigenvalue weighted by Crippen LogP contribution is -2.58. The van der Waals surface area contributed by atoms with Gasteiger partial charge in [0.05, 0.1) is 18.8 Å². The highest BCUT2D eigenvalue weighted by Gasteiger charge is 2.33. The van der Waals surface area contributed by atoms with E-state index < -0.39 is 0 Å². The van der Waals surface area contributed by atoms with Crippen molar-refractivity contribution >= 4 is 5.91 Å². The zero-order valence-corrected chi connectivity index (χ0v) is 18.7. The minimum absolute atomic E-state index is 0.155. The predicted octanol–water partition coefficient (Wildman–Crippen LogP) is 1.94. The van der Waals surface area contributed by atoms with Crippen LogP contribution in [0.15, 0.2) is 47.3 Å². The maximum absolute atomic E-state index is 12.7. The van der Waals surface area contributed by atoms with E-state index in [2.05, 4.69) is 43.0 Å². The van der Waals surface area contributed by atoms with E-state index in [0.717, 1.165) is 18.8 Å². The van der Waals surface area contributed by atoms with Gasteiger partial charge in [-0.3, -0.25) is 14.5 Å². The summed E-state index contributed by atoms with van der Waals surface area (Å²) in [4.78, 5) is 27.1. The lowest BCUT2D eigenvalue weighted by molar-refractivity contribution is -0.0948. The van der Waals surface area contributed by atoms with Gasteiger partial charge >= 0.3 is 0 Å². The Kier molecular flexibility index (Phi) is 7.46. The number of hydrogen-bond donors (Lipinski definition) is 1. The summed E-state index contributed by atoms with van der Waals surface area (Å²) in [6.45, 7) is 11.0. The molecule has 1 N–H and O–H groups in total. The van der Waals surface area contributed by atoms with E-state index in [9.17, 15) is 9.59 Å². The molecule has 1 aliphatic heterocycles. The van der Waals surface area contributed by atoms with Crippen molar-refractivity contribution in [2.75, 3.05) is 26.2 Å². The van der Waals surface area contributed by atoms with Crippen LogP contribution in [0.3, 0.4) is 0 Å². The van der Waals surface area contributed by atoms with E-state index in [1.54, 1.807) is 0 Å². The first-order valence-electron chi connectivity index (χ1n) is 10.7. The fourth-order valence-corrected chi connectivity index (χ4v) is 3.67. The molecule has 1 aliphatic rings. The molecule has 8 nitrogen and oxygen atoms in total. The first kappa shape index (κ1) is 23.0. The topological polar surface area (TPSA) is 85.7 Å². The summed E-state index contributed by atoms with van der Waals surface area (Å²) in [6.07, 6.45) is 0.309. The van der Waals surface area contributed by atoms with Gasteiger partial charge in [-0.25, -0.2) is 4.68 Å².